The second kappa shape index (κ2) is 7.41. The summed E-state index contributed by atoms with van der Waals surface area (Å²) in [6.07, 6.45) is 1.98. The third kappa shape index (κ3) is 5.29. The second-order valence-electron chi connectivity index (χ2n) is 4.61. The predicted molar refractivity (Wildman–Crippen MR) is 68.6 cm³/mol. The fourth-order valence-corrected chi connectivity index (χ4v) is 2.05. The van der Waals surface area contributed by atoms with E-state index in [4.69, 9.17) is 4.74 Å². The van der Waals surface area contributed by atoms with Crippen molar-refractivity contribution in [3.63, 3.8) is 0 Å². The van der Waals surface area contributed by atoms with Crippen molar-refractivity contribution in [2.45, 2.75) is 25.8 Å². The highest BCUT2D eigenvalue weighted by atomic mass is 19.1. The minimum Gasteiger partial charge on any atom is -0.384 e. The standard InChI is InChI=1S/C14H22FNO/c1-11(10-17-3)8-14(16-2)9-12-4-6-13(15)7-5-12/h4-7,11,14,16H,8-10H2,1-3H3. The zero-order valence-corrected chi connectivity index (χ0v) is 10.9. The van der Waals surface area contributed by atoms with Crippen molar-refractivity contribution >= 4 is 0 Å². The molecule has 0 amide bonds. The Morgan fingerprint density at radius 2 is 1.94 bits per heavy atom. The monoisotopic (exact) mass is 239 g/mol. The van der Waals surface area contributed by atoms with Gasteiger partial charge in [0.15, 0.2) is 0 Å². The zero-order chi connectivity index (χ0) is 12.7. The Kier molecular flexibility index (Phi) is 6.16. The van der Waals surface area contributed by atoms with Gasteiger partial charge in [0, 0.05) is 19.8 Å². The summed E-state index contributed by atoms with van der Waals surface area (Å²) in [6, 6.07) is 7.13. The fraction of sp³-hybridized carbons (Fsp3) is 0.571. The molecule has 0 heterocycles. The lowest BCUT2D eigenvalue weighted by Crippen LogP contribution is -2.30. The number of benzene rings is 1. The molecule has 96 valence electrons. The number of hydrogen-bond donors (Lipinski definition) is 1. The summed E-state index contributed by atoms with van der Waals surface area (Å²) in [5, 5.41) is 3.31. The van der Waals surface area contributed by atoms with Gasteiger partial charge in [-0.1, -0.05) is 19.1 Å². The molecule has 0 aliphatic rings. The molecule has 0 radical (unpaired) electrons. The van der Waals surface area contributed by atoms with Gasteiger partial charge in [0.25, 0.3) is 0 Å². The van der Waals surface area contributed by atoms with Gasteiger partial charge < -0.3 is 10.1 Å². The van der Waals surface area contributed by atoms with Crippen LogP contribution in [0.1, 0.15) is 18.9 Å². The van der Waals surface area contributed by atoms with Gasteiger partial charge in [-0.3, -0.25) is 0 Å². The second-order valence-corrected chi connectivity index (χ2v) is 4.61. The van der Waals surface area contributed by atoms with Crippen molar-refractivity contribution < 1.29 is 9.13 Å². The van der Waals surface area contributed by atoms with Gasteiger partial charge in [-0.15, -0.1) is 0 Å². The Bertz CT molecular complexity index is 313. The van der Waals surface area contributed by atoms with E-state index in [1.54, 1.807) is 7.11 Å². The van der Waals surface area contributed by atoms with Crippen molar-refractivity contribution in [3.05, 3.63) is 35.6 Å². The minimum absolute atomic E-state index is 0.178. The lowest BCUT2D eigenvalue weighted by Gasteiger charge is -2.20. The molecule has 1 aromatic carbocycles. The van der Waals surface area contributed by atoms with Crippen LogP contribution in [0.4, 0.5) is 4.39 Å². The van der Waals surface area contributed by atoms with Gasteiger partial charge in [-0.05, 0) is 43.5 Å². The van der Waals surface area contributed by atoms with Crippen molar-refractivity contribution in [1.29, 1.82) is 0 Å². The first-order valence-corrected chi connectivity index (χ1v) is 6.06. The van der Waals surface area contributed by atoms with Crippen LogP contribution < -0.4 is 5.32 Å². The molecule has 0 saturated heterocycles. The predicted octanol–water partition coefficient (Wildman–Crippen LogP) is 2.63. The number of rotatable bonds is 7. The van der Waals surface area contributed by atoms with Gasteiger partial charge in [0.05, 0.1) is 0 Å². The van der Waals surface area contributed by atoms with Crippen LogP contribution in [0.5, 0.6) is 0 Å². The lowest BCUT2D eigenvalue weighted by atomic mass is 9.97. The average molecular weight is 239 g/mol. The molecular weight excluding hydrogens is 217 g/mol. The molecule has 0 aromatic heterocycles. The van der Waals surface area contributed by atoms with E-state index >= 15 is 0 Å². The van der Waals surface area contributed by atoms with Crippen LogP contribution in [0.15, 0.2) is 24.3 Å². The molecule has 1 rings (SSSR count). The van der Waals surface area contributed by atoms with Gasteiger partial charge in [-0.2, -0.15) is 0 Å². The maximum atomic E-state index is 12.8. The first-order valence-electron chi connectivity index (χ1n) is 6.06. The average Bonchev–Trinajstić information content (AvgIpc) is 2.31. The van der Waals surface area contributed by atoms with Crippen LogP contribution >= 0.6 is 0 Å². The van der Waals surface area contributed by atoms with E-state index in [-0.39, 0.29) is 5.82 Å². The molecule has 0 fully saturated rings. The van der Waals surface area contributed by atoms with Gasteiger partial charge in [0.2, 0.25) is 0 Å². The molecule has 2 unspecified atom stereocenters. The Labute approximate surface area is 103 Å². The fourth-order valence-electron chi connectivity index (χ4n) is 2.05. The van der Waals surface area contributed by atoms with Gasteiger partial charge in [-0.25, -0.2) is 4.39 Å². The molecule has 0 bridgehead atoms. The number of halogens is 1. The summed E-state index contributed by atoms with van der Waals surface area (Å²) in [5.74, 6) is 0.348. The van der Waals surface area contributed by atoms with E-state index in [2.05, 4.69) is 12.2 Å². The molecule has 0 aliphatic heterocycles. The van der Waals surface area contributed by atoms with E-state index in [1.807, 2.05) is 19.2 Å². The van der Waals surface area contributed by atoms with Crippen molar-refractivity contribution in [3.8, 4) is 0 Å². The molecule has 0 saturated carbocycles. The quantitative estimate of drug-likeness (QED) is 0.789. The van der Waals surface area contributed by atoms with Crippen molar-refractivity contribution in [1.82, 2.24) is 5.32 Å². The zero-order valence-electron chi connectivity index (χ0n) is 10.9. The topological polar surface area (TPSA) is 21.3 Å². The first kappa shape index (κ1) is 14.1. The number of likely N-dealkylation sites (N-methyl/N-ethyl adjacent to an activating group) is 1. The van der Waals surface area contributed by atoms with E-state index in [1.165, 1.54) is 12.1 Å². The maximum Gasteiger partial charge on any atom is 0.123 e. The van der Waals surface area contributed by atoms with Gasteiger partial charge in [0.1, 0.15) is 5.82 Å². The lowest BCUT2D eigenvalue weighted by molar-refractivity contribution is 0.150. The highest BCUT2D eigenvalue weighted by molar-refractivity contribution is 5.17. The van der Waals surface area contributed by atoms with Crippen LogP contribution in [0.3, 0.4) is 0 Å². The number of methoxy groups -OCH3 is 1. The number of nitrogens with one attached hydrogen (secondary N) is 1. The van der Waals surface area contributed by atoms with Crippen molar-refractivity contribution in [2.24, 2.45) is 5.92 Å². The highest BCUT2D eigenvalue weighted by Gasteiger charge is 2.12. The highest BCUT2D eigenvalue weighted by Crippen LogP contribution is 2.12. The smallest absolute Gasteiger partial charge is 0.123 e. The normalized spacial score (nSPS) is 14.6. The molecule has 0 spiro atoms. The summed E-state index contributed by atoms with van der Waals surface area (Å²) >= 11 is 0. The third-order valence-corrected chi connectivity index (χ3v) is 2.94. The van der Waals surface area contributed by atoms with Crippen molar-refractivity contribution in [2.75, 3.05) is 20.8 Å². The van der Waals surface area contributed by atoms with E-state index in [9.17, 15) is 4.39 Å². The van der Waals surface area contributed by atoms with E-state index in [0.717, 1.165) is 25.0 Å². The van der Waals surface area contributed by atoms with Crippen LogP contribution in [0.2, 0.25) is 0 Å². The molecule has 1 aromatic rings. The summed E-state index contributed by atoms with van der Waals surface area (Å²) in [7, 11) is 3.69. The Balaban J connectivity index is 2.48. The molecule has 3 heteroatoms. The minimum atomic E-state index is -0.178. The van der Waals surface area contributed by atoms with Crippen LogP contribution in [-0.2, 0) is 11.2 Å². The largest absolute Gasteiger partial charge is 0.384 e. The molecular formula is C14H22FNO. The molecule has 2 nitrogen and oxygen atoms in total. The summed E-state index contributed by atoms with van der Waals surface area (Å²) in [5.41, 5.74) is 1.16. The SMILES string of the molecule is CNC(Cc1ccc(F)cc1)CC(C)COC. The first-order chi connectivity index (χ1) is 8.15. The molecule has 2 atom stereocenters. The van der Waals surface area contributed by atoms with E-state index < -0.39 is 0 Å². The van der Waals surface area contributed by atoms with Crippen LogP contribution in [0, 0.1) is 11.7 Å². The summed E-state index contributed by atoms with van der Waals surface area (Å²) in [6.45, 7) is 2.96. The summed E-state index contributed by atoms with van der Waals surface area (Å²) in [4.78, 5) is 0. The Morgan fingerprint density at radius 1 is 1.29 bits per heavy atom. The Morgan fingerprint density at radius 3 is 2.47 bits per heavy atom. The maximum absolute atomic E-state index is 12.8. The molecule has 0 aliphatic carbocycles. The van der Waals surface area contributed by atoms with Crippen LogP contribution in [0.25, 0.3) is 0 Å². The molecule has 17 heavy (non-hydrogen) atoms. The van der Waals surface area contributed by atoms with E-state index in [0.29, 0.717) is 12.0 Å². The third-order valence-electron chi connectivity index (χ3n) is 2.94. The number of hydrogen-bond acceptors (Lipinski definition) is 2. The number of ether oxygens (including phenoxy) is 1. The van der Waals surface area contributed by atoms with Gasteiger partial charge >= 0.3 is 0 Å². The van der Waals surface area contributed by atoms with Crippen LogP contribution in [-0.4, -0.2) is 26.8 Å². The summed E-state index contributed by atoms with van der Waals surface area (Å²) < 4.78 is 17.9. The molecule has 1 N–H and O–H groups in total. The Hall–Kier alpha value is -0.930.